The number of carbonyl (C=O) groups excluding carboxylic acids is 1. The summed E-state index contributed by atoms with van der Waals surface area (Å²) in [7, 11) is 0. The Morgan fingerprint density at radius 2 is 2.16 bits per heavy atom. The van der Waals surface area contributed by atoms with Gasteiger partial charge >= 0.3 is 5.97 Å². The number of hydrogen-bond acceptors (Lipinski definition) is 7. The lowest BCUT2D eigenvalue weighted by atomic mass is 9.87. The quantitative estimate of drug-likeness (QED) is 0.725. The summed E-state index contributed by atoms with van der Waals surface area (Å²) in [5.41, 5.74) is 5.81. The molecule has 96 valence electrons. The Balaban J connectivity index is 3.19. The van der Waals surface area contributed by atoms with Crippen LogP contribution in [0.3, 0.4) is 0 Å². The lowest BCUT2D eigenvalue weighted by molar-refractivity contribution is -0.138. The van der Waals surface area contributed by atoms with Crippen molar-refractivity contribution in [2.75, 3.05) is 6.61 Å². The third kappa shape index (κ3) is 2.88. The Morgan fingerprint density at radius 1 is 1.53 bits per heavy atom. The summed E-state index contributed by atoms with van der Waals surface area (Å²) in [6, 6.07) is 5.40. The van der Waals surface area contributed by atoms with Crippen LogP contribution >= 0.6 is 0 Å². The lowest BCUT2D eigenvalue weighted by Gasteiger charge is -2.20. The number of rotatable bonds is 3. The molecular weight excluding hydrogens is 246 g/mol. The lowest BCUT2D eigenvalue weighted by Crippen LogP contribution is -2.29. The van der Waals surface area contributed by atoms with Gasteiger partial charge in [-0.3, -0.25) is 0 Å². The van der Waals surface area contributed by atoms with Crippen molar-refractivity contribution in [2.24, 2.45) is 22.6 Å². The molecule has 7 heteroatoms. The molecule has 2 N–H and O–H groups in total. The minimum atomic E-state index is -1.15. The van der Waals surface area contributed by atoms with Crippen molar-refractivity contribution in [1.82, 2.24) is 0 Å². The molecule has 1 aliphatic heterocycles. The van der Waals surface area contributed by atoms with Crippen LogP contribution in [0.2, 0.25) is 0 Å². The van der Waals surface area contributed by atoms with Crippen LogP contribution in [0.25, 0.3) is 0 Å². The van der Waals surface area contributed by atoms with E-state index in [1.54, 1.807) is 19.1 Å². The molecule has 0 amide bonds. The SMILES string of the molecule is CCOC(=O)C1=C(N)N=C(C(C#N)C#N)[C@H](C#N)C1. The molecule has 0 aliphatic carbocycles. The molecule has 1 heterocycles. The first-order valence-corrected chi connectivity index (χ1v) is 5.52. The van der Waals surface area contributed by atoms with E-state index in [1.807, 2.05) is 6.07 Å². The molecule has 1 atom stereocenters. The van der Waals surface area contributed by atoms with Gasteiger partial charge in [-0.2, -0.15) is 15.8 Å². The molecule has 0 radical (unpaired) electrons. The number of aliphatic imine (C=N–C) groups is 1. The fourth-order valence-corrected chi connectivity index (χ4v) is 1.64. The Kier molecular flexibility index (Phi) is 4.62. The second-order valence-electron chi connectivity index (χ2n) is 3.70. The first-order chi connectivity index (χ1) is 9.08. The van der Waals surface area contributed by atoms with Crippen LogP contribution in [0.15, 0.2) is 16.4 Å². The van der Waals surface area contributed by atoms with Crippen LogP contribution in [0.1, 0.15) is 13.3 Å². The highest BCUT2D eigenvalue weighted by atomic mass is 16.5. The van der Waals surface area contributed by atoms with E-state index < -0.39 is 17.8 Å². The second kappa shape index (κ2) is 6.18. The smallest absolute Gasteiger partial charge is 0.337 e. The van der Waals surface area contributed by atoms with Crippen LogP contribution in [-0.4, -0.2) is 18.3 Å². The molecule has 19 heavy (non-hydrogen) atoms. The van der Waals surface area contributed by atoms with Crippen molar-refractivity contribution in [3.63, 3.8) is 0 Å². The number of nitriles is 3. The van der Waals surface area contributed by atoms with Crippen molar-refractivity contribution in [2.45, 2.75) is 13.3 Å². The zero-order valence-corrected chi connectivity index (χ0v) is 10.3. The van der Waals surface area contributed by atoms with E-state index in [0.29, 0.717) is 0 Å². The van der Waals surface area contributed by atoms with Crippen LogP contribution < -0.4 is 5.73 Å². The van der Waals surface area contributed by atoms with E-state index >= 15 is 0 Å². The van der Waals surface area contributed by atoms with Gasteiger partial charge in [0.2, 0.25) is 0 Å². The molecule has 0 aromatic carbocycles. The van der Waals surface area contributed by atoms with E-state index in [0.717, 1.165) is 0 Å². The zero-order valence-electron chi connectivity index (χ0n) is 10.3. The molecule has 0 fully saturated rings. The van der Waals surface area contributed by atoms with E-state index in [1.165, 1.54) is 0 Å². The second-order valence-corrected chi connectivity index (χ2v) is 3.70. The van der Waals surface area contributed by atoms with Crippen molar-refractivity contribution in [1.29, 1.82) is 15.8 Å². The number of nitrogens with zero attached hydrogens (tertiary/aromatic N) is 4. The molecule has 0 aromatic heterocycles. The molecule has 0 spiro atoms. The molecule has 1 aliphatic rings. The minimum absolute atomic E-state index is 0.000139. The Bertz CT molecular complexity index is 556. The summed E-state index contributed by atoms with van der Waals surface area (Å²) in [4.78, 5) is 15.5. The predicted molar refractivity (Wildman–Crippen MR) is 63.7 cm³/mol. The van der Waals surface area contributed by atoms with Gasteiger partial charge in [0.15, 0.2) is 5.92 Å². The first-order valence-electron chi connectivity index (χ1n) is 5.52. The van der Waals surface area contributed by atoms with Crippen molar-refractivity contribution < 1.29 is 9.53 Å². The number of nitrogens with two attached hydrogens (primary N) is 1. The van der Waals surface area contributed by atoms with Gasteiger partial charge in [-0.25, -0.2) is 9.79 Å². The van der Waals surface area contributed by atoms with Crippen LogP contribution in [0.5, 0.6) is 0 Å². The average molecular weight is 257 g/mol. The van der Waals surface area contributed by atoms with Gasteiger partial charge in [0.1, 0.15) is 5.82 Å². The highest BCUT2D eigenvalue weighted by molar-refractivity contribution is 6.00. The molecule has 0 saturated carbocycles. The average Bonchev–Trinajstić information content (AvgIpc) is 2.40. The summed E-state index contributed by atoms with van der Waals surface area (Å²) < 4.78 is 4.81. The van der Waals surface area contributed by atoms with Crippen LogP contribution in [-0.2, 0) is 9.53 Å². The number of ether oxygens (including phenoxy) is 1. The Morgan fingerprint density at radius 3 is 2.63 bits per heavy atom. The molecule has 0 unspecified atom stereocenters. The number of esters is 1. The van der Waals surface area contributed by atoms with Gasteiger partial charge in [0, 0.05) is 6.42 Å². The highest BCUT2D eigenvalue weighted by Crippen LogP contribution is 2.25. The summed E-state index contributed by atoms with van der Waals surface area (Å²) in [5.74, 6) is -2.70. The van der Waals surface area contributed by atoms with E-state index in [2.05, 4.69) is 4.99 Å². The third-order valence-electron chi connectivity index (χ3n) is 2.56. The third-order valence-corrected chi connectivity index (χ3v) is 2.56. The maximum absolute atomic E-state index is 11.6. The van der Waals surface area contributed by atoms with Crippen molar-refractivity contribution in [3.8, 4) is 18.2 Å². The predicted octanol–water partition coefficient (Wildman–Crippen LogP) is 0.368. The number of hydrogen-bond donors (Lipinski definition) is 1. The fraction of sp³-hybridized carbons (Fsp3) is 0.417. The molecule has 7 nitrogen and oxygen atoms in total. The summed E-state index contributed by atoms with van der Waals surface area (Å²) >= 11 is 0. The summed E-state index contributed by atoms with van der Waals surface area (Å²) in [6.07, 6.45) is -0.000139. The van der Waals surface area contributed by atoms with E-state index in [9.17, 15) is 4.79 Å². The normalized spacial score (nSPS) is 18.1. The first kappa shape index (κ1) is 14.2. The standard InChI is InChI=1S/C12H11N5O2/c1-2-19-12(18)9-3-7(4-13)10(17-11(9)16)8(5-14)6-15/h7-8H,2-3,16H2,1H3/t7-/m0/s1. The van der Waals surface area contributed by atoms with Crippen LogP contribution in [0.4, 0.5) is 0 Å². The van der Waals surface area contributed by atoms with Gasteiger partial charge in [0.05, 0.1) is 42.0 Å². The Hall–Kier alpha value is -2.85. The van der Waals surface area contributed by atoms with Crippen LogP contribution in [0, 0.1) is 45.8 Å². The maximum atomic E-state index is 11.6. The molecule has 1 rings (SSSR count). The van der Waals surface area contributed by atoms with Gasteiger partial charge in [-0.05, 0) is 6.92 Å². The molecular formula is C12H11N5O2. The highest BCUT2D eigenvalue weighted by Gasteiger charge is 2.32. The van der Waals surface area contributed by atoms with Gasteiger partial charge in [-0.1, -0.05) is 0 Å². The zero-order chi connectivity index (χ0) is 14.4. The summed E-state index contributed by atoms with van der Waals surface area (Å²) in [6.45, 7) is 1.83. The number of carbonyl (C=O) groups is 1. The molecule has 0 bridgehead atoms. The summed E-state index contributed by atoms with van der Waals surface area (Å²) in [5, 5.41) is 26.7. The molecule has 0 aromatic rings. The van der Waals surface area contributed by atoms with Gasteiger partial charge < -0.3 is 10.5 Å². The van der Waals surface area contributed by atoms with Gasteiger partial charge in [0.25, 0.3) is 0 Å². The van der Waals surface area contributed by atoms with Gasteiger partial charge in [-0.15, -0.1) is 0 Å². The minimum Gasteiger partial charge on any atom is -0.463 e. The topological polar surface area (TPSA) is 136 Å². The molecule has 0 saturated heterocycles. The van der Waals surface area contributed by atoms with Crippen molar-refractivity contribution >= 4 is 11.7 Å². The monoisotopic (exact) mass is 257 g/mol. The fourth-order valence-electron chi connectivity index (χ4n) is 1.64. The Labute approximate surface area is 110 Å². The van der Waals surface area contributed by atoms with E-state index in [4.69, 9.17) is 26.3 Å². The van der Waals surface area contributed by atoms with Crippen molar-refractivity contribution in [3.05, 3.63) is 11.4 Å². The van der Waals surface area contributed by atoms with E-state index in [-0.39, 0.29) is 30.1 Å². The largest absolute Gasteiger partial charge is 0.463 e. The maximum Gasteiger partial charge on any atom is 0.337 e.